The fourth-order valence-corrected chi connectivity index (χ4v) is 1.89. The number of ketones is 1. The molecule has 0 saturated heterocycles. The third-order valence-electron chi connectivity index (χ3n) is 2.86. The Labute approximate surface area is 111 Å². The number of pyridine rings is 1. The number of nitrogens with zero attached hydrogens (tertiary/aromatic N) is 1. The van der Waals surface area contributed by atoms with Crippen molar-refractivity contribution >= 4 is 5.78 Å². The highest BCUT2D eigenvalue weighted by Crippen LogP contribution is 2.25. The first-order valence-corrected chi connectivity index (χ1v) is 6.51. The van der Waals surface area contributed by atoms with Gasteiger partial charge < -0.3 is 0 Å². The Balaban J connectivity index is 3.13. The maximum atomic E-state index is 12.3. The standard InChI is InChI=1S/C16H25NO/c1-11-12(9-15(2,3)4)8-13(10-17-11)14(18)16(5,6)7/h8,10H,9H2,1-7H3. The van der Waals surface area contributed by atoms with Crippen LogP contribution >= 0.6 is 0 Å². The van der Waals surface area contributed by atoms with Crippen LogP contribution in [0.25, 0.3) is 0 Å². The summed E-state index contributed by atoms with van der Waals surface area (Å²) in [5.74, 6) is 0.158. The molecule has 0 saturated carbocycles. The molecule has 0 aliphatic rings. The van der Waals surface area contributed by atoms with E-state index in [9.17, 15) is 4.79 Å². The molecule has 0 aliphatic heterocycles. The molecule has 18 heavy (non-hydrogen) atoms. The van der Waals surface area contributed by atoms with Gasteiger partial charge in [-0.25, -0.2) is 0 Å². The van der Waals surface area contributed by atoms with E-state index in [0.717, 1.165) is 17.7 Å². The highest BCUT2D eigenvalue weighted by molar-refractivity contribution is 5.99. The Bertz CT molecular complexity index is 447. The predicted molar refractivity (Wildman–Crippen MR) is 75.9 cm³/mol. The zero-order chi connectivity index (χ0) is 14.1. The number of rotatable bonds is 2. The predicted octanol–water partition coefficient (Wildman–Crippen LogP) is 4.21. The van der Waals surface area contributed by atoms with Gasteiger partial charge in [-0.3, -0.25) is 9.78 Å². The minimum Gasteiger partial charge on any atom is -0.294 e. The maximum absolute atomic E-state index is 12.3. The highest BCUT2D eigenvalue weighted by Gasteiger charge is 2.24. The molecule has 1 heterocycles. The molecule has 0 amide bonds. The van der Waals surface area contributed by atoms with Crippen LogP contribution in [0.3, 0.4) is 0 Å². The fraction of sp³-hybridized carbons (Fsp3) is 0.625. The van der Waals surface area contributed by atoms with Crippen LogP contribution in [-0.4, -0.2) is 10.8 Å². The third kappa shape index (κ3) is 3.94. The van der Waals surface area contributed by atoms with Gasteiger partial charge in [-0.1, -0.05) is 41.5 Å². The van der Waals surface area contributed by atoms with Crippen molar-refractivity contribution in [2.45, 2.75) is 54.9 Å². The van der Waals surface area contributed by atoms with Gasteiger partial charge in [0.1, 0.15) is 0 Å². The van der Waals surface area contributed by atoms with Gasteiger partial charge in [-0.05, 0) is 30.4 Å². The Kier molecular flexibility index (Phi) is 3.99. The van der Waals surface area contributed by atoms with Crippen molar-refractivity contribution in [3.8, 4) is 0 Å². The van der Waals surface area contributed by atoms with Gasteiger partial charge in [0, 0.05) is 22.9 Å². The number of aryl methyl sites for hydroxylation is 1. The maximum Gasteiger partial charge on any atom is 0.169 e. The molecule has 0 fully saturated rings. The number of Topliss-reactive ketones (excluding diaryl/α,β-unsaturated/α-hetero) is 1. The van der Waals surface area contributed by atoms with Crippen LogP contribution in [0, 0.1) is 17.8 Å². The molecule has 0 unspecified atom stereocenters. The second-order valence-corrected chi connectivity index (χ2v) is 7.29. The molecule has 2 heteroatoms. The lowest BCUT2D eigenvalue weighted by Crippen LogP contribution is -2.21. The Hall–Kier alpha value is -1.18. The molecule has 0 bridgehead atoms. The number of hydrogen-bond donors (Lipinski definition) is 0. The molecule has 100 valence electrons. The average Bonchev–Trinajstić information content (AvgIpc) is 2.17. The van der Waals surface area contributed by atoms with Crippen LogP contribution in [0.4, 0.5) is 0 Å². The summed E-state index contributed by atoms with van der Waals surface area (Å²) in [4.78, 5) is 16.6. The number of hydrogen-bond acceptors (Lipinski definition) is 2. The minimum atomic E-state index is -0.351. The lowest BCUT2D eigenvalue weighted by atomic mass is 9.84. The molecule has 0 radical (unpaired) electrons. The van der Waals surface area contributed by atoms with E-state index in [1.807, 2.05) is 33.8 Å². The van der Waals surface area contributed by atoms with Crippen molar-refractivity contribution in [1.29, 1.82) is 0 Å². The zero-order valence-electron chi connectivity index (χ0n) is 12.7. The van der Waals surface area contributed by atoms with Crippen molar-refractivity contribution in [1.82, 2.24) is 4.98 Å². The lowest BCUT2D eigenvalue weighted by Gasteiger charge is -2.21. The van der Waals surface area contributed by atoms with E-state index in [1.165, 1.54) is 5.56 Å². The SMILES string of the molecule is Cc1ncc(C(=O)C(C)(C)C)cc1CC(C)(C)C. The molecule has 0 N–H and O–H groups in total. The number of aromatic nitrogens is 1. The second kappa shape index (κ2) is 4.83. The first-order valence-electron chi connectivity index (χ1n) is 6.51. The van der Waals surface area contributed by atoms with Gasteiger partial charge in [0.2, 0.25) is 0 Å². The molecule has 0 aliphatic carbocycles. The Morgan fingerprint density at radius 3 is 2.17 bits per heavy atom. The molecular formula is C16H25NO. The fourth-order valence-electron chi connectivity index (χ4n) is 1.89. The van der Waals surface area contributed by atoms with Crippen LogP contribution < -0.4 is 0 Å². The van der Waals surface area contributed by atoms with Gasteiger partial charge in [-0.2, -0.15) is 0 Å². The summed E-state index contributed by atoms with van der Waals surface area (Å²) in [5.41, 5.74) is 2.78. The van der Waals surface area contributed by atoms with E-state index in [0.29, 0.717) is 0 Å². The van der Waals surface area contributed by atoms with E-state index < -0.39 is 0 Å². The van der Waals surface area contributed by atoms with Gasteiger partial charge in [0.05, 0.1) is 0 Å². The van der Waals surface area contributed by atoms with Gasteiger partial charge in [0.25, 0.3) is 0 Å². The second-order valence-electron chi connectivity index (χ2n) is 7.29. The van der Waals surface area contributed by atoms with Crippen LogP contribution in [0.5, 0.6) is 0 Å². The van der Waals surface area contributed by atoms with Crippen molar-refractivity contribution in [3.63, 3.8) is 0 Å². The average molecular weight is 247 g/mol. The largest absolute Gasteiger partial charge is 0.294 e. The van der Waals surface area contributed by atoms with Gasteiger partial charge >= 0.3 is 0 Å². The lowest BCUT2D eigenvalue weighted by molar-refractivity contribution is 0.0857. The van der Waals surface area contributed by atoms with Crippen LogP contribution in [0.2, 0.25) is 0 Å². The summed E-state index contributed by atoms with van der Waals surface area (Å²) < 4.78 is 0. The highest BCUT2D eigenvalue weighted by atomic mass is 16.1. The molecule has 1 aromatic rings. The molecular weight excluding hydrogens is 222 g/mol. The Morgan fingerprint density at radius 1 is 1.17 bits per heavy atom. The topological polar surface area (TPSA) is 30.0 Å². The van der Waals surface area contributed by atoms with E-state index in [4.69, 9.17) is 0 Å². The van der Waals surface area contributed by atoms with Crippen molar-refractivity contribution in [3.05, 3.63) is 29.1 Å². The number of carbonyl (C=O) groups is 1. The molecule has 1 aromatic heterocycles. The zero-order valence-corrected chi connectivity index (χ0v) is 12.7. The first kappa shape index (κ1) is 14.9. The quantitative estimate of drug-likeness (QED) is 0.733. The third-order valence-corrected chi connectivity index (χ3v) is 2.86. The Morgan fingerprint density at radius 2 is 1.72 bits per heavy atom. The summed E-state index contributed by atoms with van der Waals surface area (Å²) >= 11 is 0. The summed E-state index contributed by atoms with van der Waals surface area (Å²) in [5, 5.41) is 0. The molecule has 0 atom stereocenters. The summed E-state index contributed by atoms with van der Waals surface area (Å²) in [6.07, 6.45) is 2.65. The molecule has 1 rings (SSSR count). The number of carbonyl (C=O) groups excluding carboxylic acids is 1. The minimum absolute atomic E-state index is 0.158. The summed E-state index contributed by atoms with van der Waals surface area (Å²) in [6, 6.07) is 2.02. The molecule has 2 nitrogen and oxygen atoms in total. The molecule has 0 aromatic carbocycles. The van der Waals surface area contributed by atoms with Gasteiger partial charge in [0.15, 0.2) is 5.78 Å². The van der Waals surface area contributed by atoms with Crippen LogP contribution in [0.15, 0.2) is 12.3 Å². The smallest absolute Gasteiger partial charge is 0.169 e. The van der Waals surface area contributed by atoms with E-state index in [1.54, 1.807) is 6.20 Å². The monoisotopic (exact) mass is 247 g/mol. The normalized spacial score (nSPS) is 12.6. The van der Waals surface area contributed by atoms with Crippen molar-refractivity contribution in [2.75, 3.05) is 0 Å². The van der Waals surface area contributed by atoms with Gasteiger partial charge in [-0.15, -0.1) is 0 Å². The van der Waals surface area contributed by atoms with E-state index in [2.05, 4.69) is 25.8 Å². The van der Waals surface area contributed by atoms with Crippen molar-refractivity contribution in [2.24, 2.45) is 10.8 Å². The van der Waals surface area contributed by atoms with Crippen LogP contribution in [-0.2, 0) is 6.42 Å². The van der Waals surface area contributed by atoms with E-state index >= 15 is 0 Å². The van der Waals surface area contributed by atoms with Crippen molar-refractivity contribution < 1.29 is 4.79 Å². The summed E-state index contributed by atoms with van der Waals surface area (Å²) in [6.45, 7) is 14.4. The van der Waals surface area contributed by atoms with E-state index in [-0.39, 0.29) is 16.6 Å². The summed E-state index contributed by atoms with van der Waals surface area (Å²) in [7, 11) is 0. The molecule has 0 spiro atoms. The first-order chi connectivity index (χ1) is 8.00. The van der Waals surface area contributed by atoms with Crippen LogP contribution in [0.1, 0.15) is 63.2 Å².